The van der Waals surface area contributed by atoms with Crippen LogP contribution in [0.2, 0.25) is 0 Å². The number of rotatable bonds is 12. The Kier molecular flexibility index (Phi) is 9.86. The van der Waals surface area contributed by atoms with Crippen molar-refractivity contribution < 1.29 is 24.0 Å². The zero-order valence-electron chi connectivity index (χ0n) is 26.3. The van der Waals surface area contributed by atoms with Gasteiger partial charge >= 0.3 is 6.03 Å². The van der Waals surface area contributed by atoms with Crippen LogP contribution in [-0.4, -0.2) is 64.6 Å². The van der Waals surface area contributed by atoms with Gasteiger partial charge < -0.3 is 26.6 Å². The Balaban J connectivity index is 1.51. The normalized spacial score (nSPS) is 22.7. The predicted octanol–water partition coefficient (Wildman–Crippen LogP) is 3.08. The van der Waals surface area contributed by atoms with Crippen molar-refractivity contribution in [3.05, 3.63) is 35.9 Å². The minimum Gasteiger partial charge on any atom is -0.363 e. The number of nitrogens with one attached hydrogen (secondary N) is 3. The summed E-state index contributed by atoms with van der Waals surface area (Å²) >= 11 is 0. The minimum absolute atomic E-state index is 0.0862. The lowest BCUT2D eigenvalue weighted by atomic mass is 9.73. The number of ketones is 1. The molecule has 0 radical (unpaired) electrons. The number of urea groups is 1. The lowest BCUT2D eigenvalue weighted by Gasteiger charge is -2.44. The highest BCUT2D eigenvalue weighted by atomic mass is 16.2. The molecule has 1 aromatic carbocycles. The summed E-state index contributed by atoms with van der Waals surface area (Å²) in [4.78, 5) is 67.4. The Morgan fingerprint density at radius 1 is 1.00 bits per heavy atom. The van der Waals surface area contributed by atoms with Crippen molar-refractivity contribution in [2.75, 3.05) is 6.54 Å². The smallest absolute Gasteiger partial charge is 0.315 e. The van der Waals surface area contributed by atoms with Crippen molar-refractivity contribution in [2.45, 2.75) is 110 Å². The van der Waals surface area contributed by atoms with Crippen LogP contribution in [0, 0.1) is 23.2 Å². The van der Waals surface area contributed by atoms with Gasteiger partial charge in [0.2, 0.25) is 17.6 Å². The van der Waals surface area contributed by atoms with E-state index in [4.69, 9.17) is 5.73 Å². The fourth-order valence-electron chi connectivity index (χ4n) is 6.60. The number of carbonyl (C=O) groups excluding carboxylic acids is 5. The van der Waals surface area contributed by atoms with Gasteiger partial charge in [-0.15, -0.1) is 0 Å². The number of nitrogens with zero attached hydrogens (tertiary/aromatic N) is 1. The highest BCUT2D eigenvalue weighted by Crippen LogP contribution is 2.37. The van der Waals surface area contributed by atoms with E-state index in [1.807, 2.05) is 52.8 Å². The van der Waals surface area contributed by atoms with Crippen LogP contribution in [0.15, 0.2) is 30.3 Å². The number of likely N-dealkylation sites (tertiary alicyclic amines) is 1. The number of hydrogen-bond acceptors (Lipinski definition) is 5. The average molecular weight is 596 g/mol. The third kappa shape index (κ3) is 7.95. The van der Waals surface area contributed by atoms with Gasteiger partial charge in [-0.3, -0.25) is 19.2 Å². The minimum atomic E-state index is -1.08. The third-order valence-corrected chi connectivity index (χ3v) is 9.46. The van der Waals surface area contributed by atoms with Crippen LogP contribution in [0.5, 0.6) is 0 Å². The standard InChI is InChI=1S/C33H49N5O5/c1-20(2)23-14-17-38(25(23)29(41)35-24(18-21-12-13-21)26(39)28(34)40)30(42)27(32(3,4)5)36-31(43)37-33(15-9-16-33)19-22-10-7-6-8-11-22/h6-8,10-11,20-21,23-25,27H,9,12-19H2,1-5H3,(H2,34,40)(H,35,41)(H2,36,37,43)/t23?,24?,25-,27+/m0/s1. The third-order valence-electron chi connectivity index (χ3n) is 9.46. The largest absolute Gasteiger partial charge is 0.363 e. The molecule has 3 fully saturated rings. The topological polar surface area (TPSA) is 151 Å². The summed E-state index contributed by atoms with van der Waals surface area (Å²) in [5.41, 5.74) is 5.44. The second-order valence-electron chi connectivity index (χ2n) is 14.3. The average Bonchev–Trinajstić information content (AvgIpc) is 3.62. The van der Waals surface area contributed by atoms with Crippen LogP contribution in [0.1, 0.15) is 85.1 Å². The molecule has 0 spiro atoms. The van der Waals surface area contributed by atoms with Gasteiger partial charge in [-0.25, -0.2) is 4.79 Å². The maximum atomic E-state index is 14.2. The van der Waals surface area contributed by atoms with Crippen molar-refractivity contribution >= 4 is 29.5 Å². The molecule has 2 saturated carbocycles. The van der Waals surface area contributed by atoms with E-state index in [2.05, 4.69) is 28.1 Å². The SMILES string of the molecule is CC(C)C1CCN(C(=O)[C@@H](NC(=O)NC2(Cc3ccccc3)CCC2)C(C)(C)C)[C@@H]1C(=O)NC(CC1CC1)C(=O)C(N)=O. The number of carbonyl (C=O) groups is 5. The van der Waals surface area contributed by atoms with Crippen molar-refractivity contribution in [3.8, 4) is 0 Å². The van der Waals surface area contributed by atoms with Gasteiger partial charge in [0.15, 0.2) is 0 Å². The zero-order chi connectivity index (χ0) is 31.5. The van der Waals surface area contributed by atoms with Crippen LogP contribution in [0.3, 0.4) is 0 Å². The molecule has 0 bridgehead atoms. The van der Waals surface area contributed by atoms with E-state index in [9.17, 15) is 24.0 Å². The molecule has 10 nitrogen and oxygen atoms in total. The molecule has 5 N–H and O–H groups in total. The Labute approximate surface area is 255 Å². The number of benzene rings is 1. The molecule has 2 aliphatic carbocycles. The predicted molar refractivity (Wildman–Crippen MR) is 164 cm³/mol. The molecule has 1 saturated heterocycles. The first-order valence-electron chi connectivity index (χ1n) is 15.8. The first kappa shape index (κ1) is 32.5. The molecular formula is C33H49N5O5. The highest BCUT2D eigenvalue weighted by molar-refractivity contribution is 6.37. The van der Waals surface area contributed by atoms with Gasteiger partial charge in [-0.2, -0.15) is 0 Å². The Morgan fingerprint density at radius 3 is 2.16 bits per heavy atom. The molecule has 4 atom stereocenters. The molecule has 5 amide bonds. The van der Waals surface area contributed by atoms with Crippen molar-refractivity contribution in [1.29, 1.82) is 0 Å². The summed E-state index contributed by atoms with van der Waals surface area (Å²) in [6.07, 6.45) is 6.31. The fraction of sp³-hybridized carbons (Fsp3) is 0.667. The summed E-state index contributed by atoms with van der Waals surface area (Å²) in [5, 5.41) is 8.93. The summed E-state index contributed by atoms with van der Waals surface area (Å²) in [6.45, 7) is 10.0. The summed E-state index contributed by atoms with van der Waals surface area (Å²) in [7, 11) is 0. The van der Waals surface area contributed by atoms with Gasteiger partial charge in [0.05, 0.1) is 6.04 Å². The second-order valence-corrected chi connectivity index (χ2v) is 14.3. The number of Topliss-reactive ketones (excluding diaryl/α,β-unsaturated/α-hetero) is 1. The van der Waals surface area contributed by atoms with Gasteiger partial charge in [-0.05, 0) is 67.3 Å². The molecule has 43 heavy (non-hydrogen) atoms. The van der Waals surface area contributed by atoms with Crippen LogP contribution in [-0.2, 0) is 25.6 Å². The lowest BCUT2D eigenvalue weighted by Crippen LogP contribution is -2.64. The van der Waals surface area contributed by atoms with Crippen LogP contribution in [0.25, 0.3) is 0 Å². The molecule has 1 aliphatic heterocycles. The summed E-state index contributed by atoms with van der Waals surface area (Å²) in [5.74, 6) is -2.48. The van der Waals surface area contributed by atoms with Crippen molar-refractivity contribution in [2.24, 2.45) is 28.9 Å². The van der Waals surface area contributed by atoms with Gasteiger partial charge in [-0.1, -0.05) is 77.8 Å². The zero-order valence-corrected chi connectivity index (χ0v) is 26.3. The van der Waals surface area contributed by atoms with Crippen LogP contribution < -0.4 is 21.7 Å². The molecule has 1 heterocycles. The van der Waals surface area contributed by atoms with Gasteiger partial charge in [0.25, 0.3) is 5.91 Å². The maximum absolute atomic E-state index is 14.2. The molecule has 4 rings (SSSR count). The Hall–Kier alpha value is -3.43. The quantitative estimate of drug-likeness (QED) is 0.274. The summed E-state index contributed by atoms with van der Waals surface area (Å²) in [6, 6.07) is 6.91. The van der Waals surface area contributed by atoms with E-state index in [1.165, 1.54) is 0 Å². The van der Waals surface area contributed by atoms with Crippen molar-refractivity contribution in [1.82, 2.24) is 20.9 Å². The van der Waals surface area contributed by atoms with E-state index < -0.39 is 47.2 Å². The molecule has 0 aromatic heterocycles. The number of amides is 5. The fourth-order valence-corrected chi connectivity index (χ4v) is 6.60. The van der Waals surface area contributed by atoms with Crippen LogP contribution in [0.4, 0.5) is 4.79 Å². The van der Waals surface area contributed by atoms with Crippen molar-refractivity contribution in [3.63, 3.8) is 0 Å². The molecule has 236 valence electrons. The highest BCUT2D eigenvalue weighted by Gasteiger charge is 2.48. The molecular weight excluding hydrogens is 546 g/mol. The number of primary amides is 1. The van der Waals surface area contributed by atoms with E-state index >= 15 is 0 Å². The molecule has 2 unspecified atom stereocenters. The first-order valence-corrected chi connectivity index (χ1v) is 15.8. The van der Waals surface area contributed by atoms with Crippen LogP contribution >= 0.6 is 0 Å². The number of nitrogens with two attached hydrogens (primary N) is 1. The van der Waals surface area contributed by atoms with Gasteiger partial charge in [0.1, 0.15) is 12.1 Å². The molecule has 10 heteroatoms. The second kappa shape index (κ2) is 13.1. The summed E-state index contributed by atoms with van der Waals surface area (Å²) < 4.78 is 0. The molecule has 1 aromatic rings. The van der Waals surface area contributed by atoms with Gasteiger partial charge in [0, 0.05) is 12.1 Å². The van der Waals surface area contributed by atoms with E-state index in [-0.39, 0.29) is 29.2 Å². The number of hydrogen-bond donors (Lipinski definition) is 4. The molecule has 3 aliphatic rings. The Morgan fingerprint density at radius 2 is 1.65 bits per heavy atom. The van der Waals surface area contributed by atoms with E-state index in [1.54, 1.807) is 4.90 Å². The van der Waals surface area contributed by atoms with E-state index in [0.29, 0.717) is 25.8 Å². The maximum Gasteiger partial charge on any atom is 0.315 e. The first-order chi connectivity index (χ1) is 20.2. The Bertz CT molecular complexity index is 1200. The lowest BCUT2D eigenvalue weighted by molar-refractivity contribution is -0.144. The monoisotopic (exact) mass is 595 g/mol. The van der Waals surface area contributed by atoms with E-state index in [0.717, 1.165) is 37.7 Å².